The number of carboxylic acid groups (broad SMARTS) is 1. The summed E-state index contributed by atoms with van der Waals surface area (Å²) >= 11 is 0. The van der Waals surface area contributed by atoms with Crippen LogP contribution in [0.15, 0.2) is 12.1 Å². The maximum Gasteiger partial charge on any atom is 0.338 e. The van der Waals surface area contributed by atoms with Gasteiger partial charge in [-0.2, -0.15) is 0 Å². The van der Waals surface area contributed by atoms with Crippen molar-refractivity contribution >= 4 is 17.3 Å². The largest absolute Gasteiger partial charge is 0.478 e. The molecular weight excluding hydrogens is 263 g/mol. The summed E-state index contributed by atoms with van der Waals surface area (Å²) in [6.07, 6.45) is 0. The Morgan fingerprint density at radius 3 is 2.65 bits per heavy atom. The van der Waals surface area contributed by atoms with Gasteiger partial charge in [-0.1, -0.05) is 13.8 Å². The number of anilines is 2. The predicted molar refractivity (Wildman–Crippen MR) is 76.7 cm³/mol. The molecule has 0 heterocycles. The van der Waals surface area contributed by atoms with Gasteiger partial charge in [0.05, 0.1) is 23.5 Å². The zero-order valence-electron chi connectivity index (χ0n) is 12.0. The number of carbonyl (C=O) groups is 1. The number of nitrogen functional groups attached to an aromatic ring is 1. The van der Waals surface area contributed by atoms with Crippen molar-refractivity contribution in [2.75, 3.05) is 37.4 Å². The predicted octanol–water partition coefficient (Wildman–Crippen LogP) is 2.21. The second kappa shape index (κ2) is 7.09. The van der Waals surface area contributed by atoms with Gasteiger partial charge < -0.3 is 20.5 Å². The van der Waals surface area contributed by atoms with E-state index in [1.165, 1.54) is 6.07 Å². The van der Waals surface area contributed by atoms with Gasteiger partial charge >= 0.3 is 5.97 Å². The molecule has 0 amide bonds. The molecule has 0 atom stereocenters. The molecule has 0 bridgehead atoms. The van der Waals surface area contributed by atoms with Crippen molar-refractivity contribution in [1.29, 1.82) is 0 Å². The van der Waals surface area contributed by atoms with Gasteiger partial charge in [-0.05, 0) is 12.0 Å². The Bertz CT molecular complexity index is 478. The Balaban J connectivity index is 3.12. The Hall–Kier alpha value is -1.82. The number of nitrogens with two attached hydrogens (primary N) is 1. The number of hydrogen-bond donors (Lipinski definition) is 2. The van der Waals surface area contributed by atoms with Crippen LogP contribution >= 0.6 is 0 Å². The van der Waals surface area contributed by atoms with Crippen LogP contribution in [0, 0.1) is 11.7 Å². The lowest BCUT2D eigenvalue weighted by Crippen LogP contribution is -2.31. The lowest BCUT2D eigenvalue weighted by Gasteiger charge is -2.28. The second-order valence-electron chi connectivity index (χ2n) is 5.03. The molecule has 0 aliphatic carbocycles. The molecule has 1 rings (SSSR count). The molecule has 20 heavy (non-hydrogen) atoms. The number of benzene rings is 1. The van der Waals surface area contributed by atoms with E-state index in [2.05, 4.69) is 0 Å². The third-order valence-electron chi connectivity index (χ3n) is 2.84. The zero-order chi connectivity index (χ0) is 15.3. The van der Waals surface area contributed by atoms with Gasteiger partial charge in [0.25, 0.3) is 0 Å². The molecular formula is C14H21FN2O3. The first-order valence-electron chi connectivity index (χ1n) is 6.43. The molecule has 112 valence electrons. The molecule has 0 spiro atoms. The minimum absolute atomic E-state index is 0.251. The summed E-state index contributed by atoms with van der Waals surface area (Å²) in [5.74, 6) is -1.76. The molecule has 3 N–H and O–H groups in total. The van der Waals surface area contributed by atoms with Crippen LogP contribution in [0.1, 0.15) is 24.2 Å². The minimum atomic E-state index is -1.33. The van der Waals surface area contributed by atoms with Crippen LogP contribution in [0.5, 0.6) is 0 Å². The maximum absolute atomic E-state index is 13.8. The first kappa shape index (κ1) is 16.2. The number of ether oxygens (including phenoxy) is 1. The molecule has 1 aromatic carbocycles. The van der Waals surface area contributed by atoms with Gasteiger partial charge in [-0.25, -0.2) is 9.18 Å². The first-order chi connectivity index (χ1) is 9.36. The molecule has 0 aliphatic rings. The van der Waals surface area contributed by atoms with Crippen LogP contribution in [0.4, 0.5) is 15.8 Å². The van der Waals surface area contributed by atoms with Crippen molar-refractivity contribution in [2.45, 2.75) is 13.8 Å². The molecule has 0 saturated heterocycles. The van der Waals surface area contributed by atoms with Crippen molar-refractivity contribution in [2.24, 2.45) is 5.92 Å². The van der Waals surface area contributed by atoms with E-state index in [1.807, 2.05) is 18.7 Å². The number of hydrogen-bond acceptors (Lipinski definition) is 4. The lowest BCUT2D eigenvalue weighted by atomic mass is 10.1. The minimum Gasteiger partial charge on any atom is -0.478 e. The van der Waals surface area contributed by atoms with Crippen LogP contribution in [0.2, 0.25) is 0 Å². The first-order valence-corrected chi connectivity index (χ1v) is 6.43. The highest BCUT2D eigenvalue weighted by atomic mass is 19.1. The average molecular weight is 284 g/mol. The molecule has 6 heteroatoms. The van der Waals surface area contributed by atoms with Crippen molar-refractivity contribution in [1.82, 2.24) is 0 Å². The summed E-state index contributed by atoms with van der Waals surface area (Å²) in [6, 6.07) is 2.34. The number of aromatic carboxylic acids is 1. The number of halogens is 1. The van der Waals surface area contributed by atoms with Crippen LogP contribution < -0.4 is 10.6 Å². The van der Waals surface area contributed by atoms with Crippen LogP contribution in [-0.2, 0) is 4.74 Å². The average Bonchev–Trinajstić information content (AvgIpc) is 2.36. The maximum atomic E-state index is 13.8. The fourth-order valence-electron chi connectivity index (χ4n) is 1.97. The quantitative estimate of drug-likeness (QED) is 0.751. The lowest BCUT2D eigenvalue weighted by molar-refractivity contribution is 0.0692. The monoisotopic (exact) mass is 284 g/mol. The van der Waals surface area contributed by atoms with Gasteiger partial charge in [-0.15, -0.1) is 0 Å². The Labute approximate surface area is 118 Å². The molecule has 5 nitrogen and oxygen atoms in total. The van der Waals surface area contributed by atoms with E-state index >= 15 is 0 Å². The fourth-order valence-corrected chi connectivity index (χ4v) is 1.97. The van der Waals surface area contributed by atoms with Gasteiger partial charge in [0.15, 0.2) is 0 Å². The van der Waals surface area contributed by atoms with E-state index in [0.29, 0.717) is 31.3 Å². The molecule has 0 saturated carbocycles. The van der Waals surface area contributed by atoms with Crippen molar-refractivity contribution in [3.8, 4) is 0 Å². The SMILES string of the molecule is COCCN(CC(C)C)c1cc(F)c(C(=O)O)cc1N. The fraction of sp³-hybridized carbons (Fsp3) is 0.500. The number of rotatable bonds is 7. The molecule has 0 radical (unpaired) electrons. The van der Waals surface area contributed by atoms with Gasteiger partial charge in [0, 0.05) is 26.3 Å². The van der Waals surface area contributed by atoms with E-state index in [1.54, 1.807) is 7.11 Å². The van der Waals surface area contributed by atoms with Gasteiger partial charge in [0.1, 0.15) is 5.82 Å². The number of carboxylic acids is 1. The summed E-state index contributed by atoms with van der Waals surface area (Å²) in [5, 5.41) is 8.88. The van der Waals surface area contributed by atoms with Crippen LogP contribution in [0.3, 0.4) is 0 Å². The van der Waals surface area contributed by atoms with E-state index in [0.717, 1.165) is 6.07 Å². The summed E-state index contributed by atoms with van der Waals surface area (Å²) in [7, 11) is 1.59. The Kier molecular flexibility index (Phi) is 5.76. The summed E-state index contributed by atoms with van der Waals surface area (Å²) in [5.41, 5.74) is 6.20. The number of methoxy groups -OCH3 is 1. The molecule has 0 fully saturated rings. The topological polar surface area (TPSA) is 75.8 Å². The molecule has 0 aliphatic heterocycles. The summed E-state index contributed by atoms with van der Waals surface area (Å²) in [4.78, 5) is 12.8. The molecule has 0 unspecified atom stereocenters. The van der Waals surface area contributed by atoms with E-state index in [9.17, 15) is 9.18 Å². The van der Waals surface area contributed by atoms with Crippen molar-refractivity contribution in [3.63, 3.8) is 0 Å². The van der Waals surface area contributed by atoms with Crippen LogP contribution in [-0.4, -0.2) is 37.9 Å². The Morgan fingerprint density at radius 2 is 2.15 bits per heavy atom. The molecule has 0 aromatic heterocycles. The van der Waals surface area contributed by atoms with E-state index in [-0.39, 0.29) is 5.69 Å². The van der Waals surface area contributed by atoms with Crippen LogP contribution in [0.25, 0.3) is 0 Å². The van der Waals surface area contributed by atoms with Crippen molar-refractivity contribution < 1.29 is 19.0 Å². The smallest absolute Gasteiger partial charge is 0.338 e. The molecule has 1 aromatic rings. The standard InChI is InChI=1S/C14H21FN2O3/c1-9(2)8-17(4-5-20-3)13-7-11(15)10(14(18)19)6-12(13)16/h6-7,9H,4-5,8,16H2,1-3H3,(H,18,19). The number of nitrogens with zero attached hydrogens (tertiary/aromatic N) is 1. The third-order valence-corrected chi connectivity index (χ3v) is 2.84. The summed E-state index contributed by atoms with van der Waals surface area (Å²) < 4.78 is 18.8. The van der Waals surface area contributed by atoms with Crippen molar-refractivity contribution in [3.05, 3.63) is 23.5 Å². The normalized spacial score (nSPS) is 10.8. The van der Waals surface area contributed by atoms with E-state index in [4.69, 9.17) is 15.6 Å². The highest BCUT2D eigenvalue weighted by Gasteiger charge is 2.18. The third kappa shape index (κ3) is 4.09. The second-order valence-corrected chi connectivity index (χ2v) is 5.03. The van der Waals surface area contributed by atoms with Gasteiger partial charge in [-0.3, -0.25) is 0 Å². The highest BCUT2D eigenvalue weighted by Crippen LogP contribution is 2.27. The van der Waals surface area contributed by atoms with Gasteiger partial charge in [0.2, 0.25) is 0 Å². The summed E-state index contributed by atoms with van der Waals surface area (Å²) in [6.45, 7) is 5.80. The van der Waals surface area contributed by atoms with E-state index < -0.39 is 17.3 Å². The highest BCUT2D eigenvalue weighted by molar-refractivity contribution is 5.90. The Morgan fingerprint density at radius 1 is 1.50 bits per heavy atom. The zero-order valence-corrected chi connectivity index (χ0v) is 12.0.